The molecule has 3 nitrogen and oxygen atoms in total. The lowest BCUT2D eigenvalue weighted by Gasteiger charge is -2.24. The molecule has 144 valence electrons. The third-order valence-electron chi connectivity index (χ3n) is 4.69. The van der Waals surface area contributed by atoms with Crippen LogP contribution in [0.3, 0.4) is 0 Å². The molecule has 0 unspecified atom stereocenters. The molecule has 0 aliphatic heterocycles. The van der Waals surface area contributed by atoms with E-state index >= 15 is 0 Å². The molecule has 0 atom stereocenters. The third kappa shape index (κ3) is 4.03. The minimum Gasteiger partial charge on any atom is -0.507 e. The van der Waals surface area contributed by atoms with Gasteiger partial charge < -0.3 is 10.2 Å². The van der Waals surface area contributed by atoms with E-state index in [9.17, 15) is 15.0 Å². The average Bonchev–Trinajstić information content (AvgIpc) is 2.76. The maximum absolute atomic E-state index is 11.4. The molecule has 29 heavy (non-hydrogen) atoms. The summed E-state index contributed by atoms with van der Waals surface area (Å²) in [5.41, 5.74) is 1.59. The Kier molecular flexibility index (Phi) is 5.36. The summed E-state index contributed by atoms with van der Waals surface area (Å²) in [6.07, 6.45) is 0. The van der Waals surface area contributed by atoms with Crippen molar-refractivity contribution < 1.29 is 15.0 Å². The number of phenols is 1. The van der Waals surface area contributed by atoms with Crippen LogP contribution in [0.1, 0.15) is 10.4 Å². The van der Waals surface area contributed by atoms with Gasteiger partial charge in [-0.05, 0) is 74.3 Å². The number of thiol groups is 1. The second-order valence-electron chi connectivity index (χ2n) is 6.59. The summed E-state index contributed by atoms with van der Waals surface area (Å²) in [7, 11) is -0.745. The molecule has 0 amide bonds. The Hall–Kier alpha value is -3.50. The molecule has 0 aliphatic rings. The third-order valence-corrected chi connectivity index (χ3v) is 7.12. The van der Waals surface area contributed by atoms with E-state index in [-0.39, 0.29) is 11.3 Å². The van der Waals surface area contributed by atoms with Crippen LogP contribution in [0, 0.1) is 0 Å². The van der Waals surface area contributed by atoms with Gasteiger partial charge in [-0.25, -0.2) is 4.79 Å². The lowest BCUT2D eigenvalue weighted by molar-refractivity contribution is 0.0694. The Morgan fingerprint density at radius 1 is 0.621 bits per heavy atom. The Morgan fingerprint density at radius 3 is 1.76 bits per heavy atom. The maximum Gasteiger partial charge on any atom is 0.339 e. The molecule has 0 bridgehead atoms. The molecule has 0 aliphatic carbocycles. The molecule has 0 radical (unpaired) electrons. The highest BCUT2D eigenvalue weighted by molar-refractivity contribution is 8.17. The zero-order valence-electron chi connectivity index (χ0n) is 15.6. The largest absolute Gasteiger partial charge is 0.507 e. The number of carbonyl (C=O) groups is 1. The van der Waals surface area contributed by atoms with E-state index in [1.54, 1.807) is 6.07 Å². The van der Waals surface area contributed by atoms with E-state index in [4.69, 9.17) is 0 Å². The van der Waals surface area contributed by atoms with Crippen molar-refractivity contribution in [1.29, 1.82) is 0 Å². The number of rotatable bonds is 5. The van der Waals surface area contributed by atoms with Crippen LogP contribution >= 0.6 is 10.9 Å². The van der Waals surface area contributed by atoms with Crippen LogP contribution in [-0.4, -0.2) is 16.2 Å². The molecule has 0 heterocycles. The summed E-state index contributed by atoms with van der Waals surface area (Å²) in [4.78, 5) is 15.1. The van der Waals surface area contributed by atoms with E-state index in [0.717, 1.165) is 11.1 Å². The SMILES string of the molecule is O=C(O)c1cc(-c2cccc([SH](c3ccccc3)c3ccccc3)c2)ccc1O. The van der Waals surface area contributed by atoms with Crippen LogP contribution in [0.4, 0.5) is 0 Å². The van der Waals surface area contributed by atoms with Crippen molar-refractivity contribution in [2.75, 3.05) is 0 Å². The second-order valence-corrected chi connectivity index (χ2v) is 8.81. The molecular formula is C25H20O3S. The van der Waals surface area contributed by atoms with Crippen molar-refractivity contribution in [1.82, 2.24) is 0 Å². The maximum atomic E-state index is 11.4. The topological polar surface area (TPSA) is 57.5 Å². The first-order valence-corrected chi connectivity index (χ1v) is 10.5. The van der Waals surface area contributed by atoms with Crippen LogP contribution in [0.2, 0.25) is 0 Å². The summed E-state index contributed by atoms with van der Waals surface area (Å²) < 4.78 is 0. The normalized spacial score (nSPS) is 11.1. The fourth-order valence-electron chi connectivity index (χ4n) is 3.31. The molecule has 0 saturated heterocycles. The van der Waals surface area contributed by atoms with E-state index in [1.807, 2.05) is 24.3 Å². The van der Waals surface area contributed by atoms with E-state index in [1.165, 1.54) is 26.8 Å². The highest BCUT2D eigenvalue weighted by atomic mass is 32.2. The van der Waals surface area contributed by atoms with Gasteiger partial charge in [0.2, 0.25) is 0 Å². The quantitative estimate of drug-likeness (QED) is 0.348. The first-order chi connectivity index (χ1) is 14.1. The molecular weight excluding hydrogens is 380 g/mol. The summed E-state index contributed by atoms with van der Waals surface area (Å²) >= 11 is 0. The monoisotopic (exact) mass is 400 g/mol. The minimum absolute atomic E-state index is 0.0960. The van der Waals surface area contributed by atoms with Crippen LogP contribution in [0.5, 0.6) is 5.75 Å². The van der Waals surface area contributed by atoms with Crippen LogP contribution in [-0.2, 0) is 0 Å². The van der Waals surface area contributed by atoms with Gasteiger partial charge in [-0.3, -0.25) is 0 Å². The summed E-state index contributed by atoms with van der Waals surface area (Å²) in [6.45, 7) is 0. The number of hydrogen-bond donors (Lipinski definition) is 3. The van der Waals surface area contributed by atoms with Crippen molar-refractivity contribution in [3.63, 3.8) is 0 Å². The van der Waals surface area contributed by atoms with Gasteiger partial charge in [-0.2, -0.15) is 10.9 Å². The highest BCUT2D eigenvalue weighted by Crippen LogP contribution is 2.51. The minimum atomic E-state index is -1.14. The molecule has 4 aromatic carbocycles. The molecule has 0 aromatic heterocycles. The van der Waals surface area contributed by atoms with Gasteiger partial charge in [0.1, 0.15) is 11.3 Å². The van der Waals surface area contributed by atoms with E-state index in [0.29, 0.717) is 0 Å². The fraction of sp³-hybridized carbons (Fsp3) is 0. The van der Waals surface area contributed by atoms with Crippen LogP contribution < -0.4 is 0 Å². The van der Waals surface area contributed by atoms with Crippen molar-refractivity contribution in [2.45, 2.75) is 14.7 Å². The lowest BCUT2D eigenvalue weighted by Crippen LogP contribution is -1.97. The molecule has 4 aromatic rings. The van der Waals surface area contributed by atoms with Crippen molar-refractivity contribution >= 4 is 16.9 Å². The van der Waals surface area contributed by atoms with Crippen LogP contribution in [0.15, 0.2) is 118 Å². The summed E-state index contributed by atoms with van der Waals surface area (Å²) in [6, 6.07) is 33.7. The van der Waals surface area contributed by atoms with E-state index in [2.05, 4.69) is 60.7 Å². The fourth-order valence-corrected chi connectivity index (χ4v) is 5.65. The van der Waals surface area contributed by atoms with Gasteiger partial charge in [-0.15, -0.1) is 0 Å². The van der Waals surface area contributed by atoms with Gasteiger partial charge in [0.15, 0.2) is 0 Å². The zero-order valence-corrected chi connectivity index (χ0v) is 16.5. The van der Waals surface area contributed by atoms with Crippen molar-refractivity contribution in [3.05, 3.63) is 109 Å². The standard InChI is InChI=1S/C25H20O3S/c26-24-15-14-19(17-23(24)25(27)28)18-8-7-13-22(16-18)29(20-9-3-1-4-10-20)21-11-5-2-6-12-21/h1-17,26,29H,(H,27,28). The molecule has 0 saturated carbocycles. The summed E-state index contributed by atoms with van der Waals surface area (Å²) in [5, 5.41) is 19.1. The smallest absolute Gasteiger partial charge is 0.339 e. The number of benzene rings is 4. The number of aromatic carboxylic acids is 1. The summed E-state index contributed by atoms with van der Waals surface area (Å²) in [5.74, 6) is -1.37. The predicted octanol–water partition coefficient (Wildman–Crippen LogP) is 6.24. The Morgan fingerprint density at radius 2 is 1.17 bits per heavy atom. The Bertz CT molecular complexity index is 1100. The Balaban J connectivity index is 1.83. The zero-order chi connectivity index (χ0) is 20.2. The van der Waals surface area contributed by atoms with Gasteiger partial charge in [0, 0.05) is 0 Å². The van der Waals surface area contributed by atoms with E-state index < -0.39 is 16.9 Å². The van der Waals surface area contributed by atoms with Gasteiger partial charge in [0.05, 0.1) is 0 Å². The van der Waals surface area contributed by atoms with Crippen molar-refractivity contribution in [3.8, 4) is 16.9 Å². The molecule has 0 spiro atoms. The first kappa shape index (κ1) is 18.8. The number of carboxylic acid groups (broad SMARTS) is 1. The first-order valence-electron chi connectivity index (χ1n) is 9.20. The lowest BCUT2D eigenvalue weighted by atomic mass is 10.0. The van der Waals surface area contributed by atoms with Crippen molar-refractivity contribution in [2.24, 2.45) is 0 Å². The van der Waals surface area contributed by atoms with Gasteiger partial charge in [-0.1, -0.05) is 54.6 Å². The number of hydrogen-bond acceptors (Lipinski definition) is 2. The average molecular weight is 400 g/mol. The van der Waals surface area contributed by atoms with Gasteiger partial charge >= 0.3 is 5.97 Å². The molecule has 4 heteroatoms. The highest BCUT2D eigenvalue weighted by Gasteiger charge is 2.15. The second kappa shape index (κ2) is 8.25. The molecule has 0 fully saturated rings. The molecule has 4 rings (SSSR count). The van der Waals surface area contributed by atoms with Crippen LogP contribution in [0.25, 0.3) is 11.1 Å². The number of carboxylic acids is 1. The predicted molar refractivity (Wildman–Crippen MR) is 117 cm³/mol. The van der Waals surface area contributed by atoms with Gasteiger partial charge in [0.25, 0.3) is 0 Å². The number of aromatic hydroxyl groups is 1. The Labute approximate surface area is 172 Å². The molecule has 2 N–H and O–H groups in total.